The van der Waals surface area contributed by atoms with Gasteiger partial charge < -0.3 is 10.3 Å². The van der Waals surface area contributed by atoms with E-state index in [9.17, 15) is 10.0 Å². The van der Waals surface area contributed by atoms with Gasteiger partial charge in [-0.05, 0) is 60.9 Å². The van der Waals surface area contributed by atoms with E-state index in [2.05, 4.69) is 44.2 Å². The standard InChI is InChI=1S/C23H27NO3/c1-17-5-4-6-19(14-16-23(2,3)15-13-17)21(24-27)12-9-18-7-10-20(11-8-18)22(25)26/h4,6-14,27H,5,15-16H2,1-3H3,(H,25,26)/b6-4-,12-9+,17-13-,19-14+,24-21-. The highest BCUT2D eigenvalue weighted by Crippen LogP contribution is 2.29. The largest absolute Gasteiger partial charge is 0.478 e. The monoisotopic (exact) mass is 365 g/mol. The molecule has 0 saturated carbocycles. The minimum atomic E-state index is -0.952. The van der Waals surface area contributed by atoms with E-state index >= 15 is 0 Å². The van der Waals surface area contributed by atoms with Crippen molar-refractivity contribution < 1.29 is 15.1 Å². The second-order valence-electron chi connectivity index (χ2n) is 7.63. The molecule has 0 aliphatic heterocycles. The van der Waals surface area contributed by atoms with Crippen LogP contribution in [0.4, 0.5) is 0 Å². The van der Waals surface area contributed by atoms with Crippen molar-refractivity contribution in [3.8, 4) is 0 Å². The molecule has 27 heavy (non-hydrogen) atoms. The fraction of sp³-hybridized carbons (Fsp3) is 0.304. The smallest absolute Gasteiger partial charge is 0.335 e. The average molecular weight is 365 g/mol. The molecular weight excluding hydrogens is 338 g/mol. The molecule has 0 aromatic heterocycles. The van der Waals surface area contributed by atoms with Gasteiger partial charge >= 0.3 is 5.97 Å². The number of oxime groups is 1. The lowest BCUT2D eigenvalue weighted by Crippen LogP contribution is -2.10. The molecule has 1 aliphatic rings. The van der Waals surface area contributed by atoms with Gasteiger partial charge in [0.15, 0.2) is 0 Å². The highest BCUT2D eigenvalue weighted by molar-refractivity contribution is 6.12. The van der Waals surface area contributed by atoms with Crippen molar-refractivity contribution >= 4 is 17.8 Å². The SMILES string of the molecule is C/C1=C/CC(C)(C)C/C=C(C(/C=C/c2ccc(C(=O)O)cc2)=N\O)\C=C/C1. The molecule has 2 rings (SSSR count). The lowest BCUT2D eigenvalue weighted by Gasteiger charge is -2.22. The van der Waals surface area contributed by atoms with Gasteiger partial charge in [-0.25, -0.2) is 4.79 Å². The first-order chi connectivity index (χ1) is 12.8. The molecule has 0 bridgehead atoms. The summed E-state index contributed by atoms with van der Waals surface area (Å²) in [6, 6.07) is 6.56. The predicted molar refractivity (Wildman–Crippen MR) is 110 cm³/mol. The van der Waals surface area contributed by atoms with Crippen LogP contribution in [0.5, 0.6) is 0 Å². The maximum Gasteiger partial charge on any atom is 0.335 e. The van der Waals surface area contributed by atoms with E-state index in [1.165, 1.54) is 5.57 Å². The van der Waals surface area contributed by atoms with Gasteiger partial charge in [-0.15, -0.1) is 0 Å². The Balaban J connectivity index is 2.24. The molecule has 0 amide bonds. The van der Waals surface area contributed by atoms with Crippen LogP contribution in [0.1, 0.15) is 56.0 Å². The molecule has 1 aromatic rings. The molecule has 4 nitrogen and oxygen atoms in total. The summed E-state index contributed by atoms with van der Waals surface area (Å²) in [5.41, 5.74) is 3.90. The van der Waals surface area contributed by atoms with E-state index in [1.807, 2.05) is 12.2 Å². The van der Waals surface area contributed by atoms with Crippen molar-refractivity contribution in [3.05, 3.63) is 76.9 Å². The third kappa shape index (κ3) is 6.41. The van der Waals surface area contributed by atoms with Gasteiger partial charge in [0.2, 0.25) is 0 Å². The van der Waals surface area contributed by atoms with Crippen LogP contribution in [-0.2, 0) is 0 Å². The second-order valence-corrected chi connectivity index (χ2v) is 7.63. The second kappa shape index (κ2) is 9.17. The molecule has 0 unspecified atom stereocenters. The number of rotatable bonds is 4. The molecule has 0 atom stereocenters. The number of hydrogen-bond donors (Lipinski definition) is 2. The number of carboxylic acid groups (broad SMARTS) is 1. The zero-order valence-electron chi connectivity index (χ0n) is 16.1. The summed E-state index contributed by atoms with van der Waals surface area (Å²) in [4.78, 5) is 10.9. The Morgan fingerprint density at radius 3 is 2.44 bits per heavy atom. The van der Waals surface area contributed by atoms with Crippen molar-refractivity contribution in [2.75, 3.05) is 0 Å². The number of carboxylic acids is 1. The number of allylic oxidation sites excluding steroid dienone is 7. The van der Waals surface area contributed by atoms with Gasteiger partial charge in [-0.3, -0.25) is 0 Å². The lowest BCUT2D eigenvalue weighted by molar-refractivity contribution is 0.0697. The van der Waals surface area contributed by atoms with E-state index in [-0.39, 0.29) is 11.0 Å². The van der Waals surface area contributed by atoms with Crippen LogP contribution in [-0.4, -0.2) is 22.0 Å². The van der Waals surface area contributed by atoms with E-state index in [0.717, 1.165) is 30.4 Å². The van der Waals surface area contributed by atoms with Crippen molar-refractivity contribution in [2.45, 2.75) is 40.0 Å². The summed E-state index contributed by atoms with van der Waals surface area (Å²) in [5.74, 6) is -0.952. The first kappa shape index (κ1) is 20.4. The van der Waals surface area contributed by atoms with Gasteiger partial charge in [-0.1, -0.05) is 67.1 Å². The topological polar surface area (TPSA) is 69.9 Å². The van der Waals surface area contributed by atoms with E-state index in [1.54, 1.807) is 30.3 Å². The summed E-state index contributed by atoms with van der Waals surface area (Å²) in [7, 11) is 0. The lowest BCUT2D eigenvalue weighted by atomic mass is 9.83. The first-order valence-electron chi connectivity index (χ1n) is 9.07. The summed E-state index contributed by atoms with van der Waals surface area (Å²) in [6.45, 7) is 6.59. The summed E-state index contributed by atoms with van der Waals surface area (Å²) in [6.07, 6.45) is 14.8. The Bertz CT molecular complexity index is 822. The maximum absolute atomic E-state index is 10.9. The molecule has 0 saturated heterocycles. The fourth-order valence-corrected chi connectivity index (χ4v) is 2.73. The molecule has 0 spiro atoms. The van der Waals surface area contributed by atoms with Crippen molar-refractivity contribution in [3.63, 3.8) is 0 Å². The van der Waals surface area contributed by atoms with Crippen LogP contribution in [0.2, 0.25) is 0 Å². The summed E-state index contributed by atoms with van der Waals surface area (Å²) < 4.78 is 0. The Morgan fingerprint density at radius 1 is 1.15 bits per heavy atom. The molecule has 0 heterocycles. The molecule has 1 aromatic carbocycles. The molecule has 1 aliphatic carbocycles. The minimum Gasteiger partial charge on any atom is -0.478 e. The number of hydrogen-bond acceptors (Lipinski definition) is 3. The van der Waals surface area contributed by atoms with Crippen LogP contribution in [0.3, 0.4) is 0 Å². The van der Waals surface area contributed by atoms with Gasteiger partial charge in [0, 0.05) is 0 Å². The number of carbonyl (C=O) groups is 1. The van der Waals surface area contributed by atoms with Crippen LogP contribution in [0, 0.1) is 5.41 Å². The molecule has 2 N–H and O–H groups in total. The number of nitrogens with zero attached hydrogens (tertiary/aromatic N) is 1. The summed E-state index contributed by atoms with van der Waals surface area (Å²) >= 11 is 0. The Labute approximate surface area is 160 Å². The quantitative estimate of drug-likeness (QED) is 0.303. The highest BCUT2D eigenvalue weighted by Gasteiger charge is 2.16. The number of benzene rings is 1. The van der Waals surface area contributed by atoms with E-state index in [4.69, 9.17) is 5.11 Å². The predicted octanol–water partition coefficient (Wildman–Crippen LogP) is 5.87. The third-order valence-corrected chi connectivity index (χ3v) is 4.61. The van der Waals surface area contributed by atoms with Crippen LogP contribution >= 0.6 is 0 Å². The van der Waals surface area contributed by atoms with Gasteiger partial charge in [0.1, 0.15) is 5.71 Å². The van der Waals surface area contributed by atoms with Gasteiger partial charge in [0.05, 0.1) is 5.56 Å². The van der Waals surface area contributed by atoms with Crippen LogP contribution in [0.25, 0.3) is 6.08 Å². The third-order valence-electron chi connectivity index (χ3n) is 4.61. The van der Waals surface area contributed by atoms with Crippen molar-refractivity contribution in [1.29, 1.82) is 0 Å². The molecule has 4 heteroatoms. The summed E-state index contributed by atoms with van der Waals surface area (Å²) in [5, 5.41) is 21.9. The average Bonchev–Trinajstić information content (AvgIpc) is 2.64. The molecule has 0 radical (unpaired) electrons. The Hall–Kier alpha value is -2.88. The Morgan fingerprint density at radius 2 is 1.81 bits per heavy atom. The molecular formula is C23H27NO3. The zero-order valence-corrected chi connectivity index (χ0v) is 16.1. The van der Waals surface area contributed by atoms with Gasteiger partial charge in [0.25, 0.3) is 0 Å². The fourth-order valence-electron chi connectivity index (χ4n) is 2.73. The zero-order chi connectivity index (χ0) is 19.9. The maximum atomic E-state index is 10.9. The minimum absolute atomic E-state index is 0.134. The highest BCUT2D eigenvalue weighted by atomic mass is 16.4. The number of aromatic carboxylic acids is 1. The molecule has 142 valence electrons. The van der Waals surface area contributed by atoms with Crippen molar-refractivity contribution in [2.24, 2.45) is 10.6 Å². The first-order valence-corrected chi connectivity index (χ1v) is 9.07. The Kier molecular flexibility index (Phi) is 6.94. The normalized spacial score (nSPS) is 23.1. The van der Waals surface area contributed by atoms with Crippen molar-refractivity contribution in [1.82, 2.24) is 0 Å². The van der Waals surface area contributed by atoms with E-state index in [0.29, 0.717) is 5.71 Å². The van der Waals surface area contributed by atoms with Gasteiger partial charge in [-0.2, -0.15) is 0 Å². The van der Waals surface area contributed by atoms with E-state index < -0.39 is 5.97 Å². The van der Waals surface area contributed by atoms with Crippen LogP contribution in [0.15, 0.2) is 70.9 Å². The van der Waals surface area contributed by atoms with Crippen LogP contribution < -0.4 is 0 Å². The molecule has 0 fully saturated rings.